The first-order chi connectivity index (χ1) is 9.02. The van der Waals surface area contributed by atoms with Crippen LogP contribution >= 0.6 is 0 Å². The predicted molar refractivity (Wildman–Crippen MR) is 82.6 cm³/mol. The quantitative estimate of drug-likeness (QED) is 0.762. The molecule has 0 saturated heterocycles. The Kier molecular flexibility index (Phi) is 6.53. The van der Waals surface area contributed by atoms with Gasteiger partial charge in [0.2, 0.25) is 0 Å². The van der Waals surface area contributed by atoms with Gasteiger partial charge in [0.05, 0.1) is 5.60 Å². The molecule has 2 nitrogen and oxygen atoms in total. The Bertz CT molecular complexity index is 373. The number of rotatable bonds is 8. The highest BCUT2D eigenvalue weighted by Gasteiger charge is 2.23. The third-order valence-electron chi connectivity index (χ3n) is 3.65. The Morgan fingerprint density at radius 2 is 2.00 bits per heavy atom. The second-order valence-electron chi connectivity index (χ2n) is 5.77. The zero-order chi connectivity index (χ0) is 14.3. The van der Waals surface area contributed by atoms with Crippen LogP contribution in [0.5, 0.6) is 0 Å². The number of benzene rings is 1. The molecule has 2 heteroatoms. The highest BCUT2D eigenvalue weighted by molar-refractivity contribution is 5.26. The second-order valence-corrected chi connectivity index (χ2v) is 5.77. The summed E-state index contributed by atoms with van der Waals surface area (Å²) < 4.78 is 5.59. The molecule has 0 spiro atoms. The maximum absolute atomic E-state index is 5.59. The van der Waals surface area contributed by atoms with Crippen molar-refractivity contribution in [2.24, 2.45) is 0 Å². The molecule has 0 aromatic heterocycles. The minimum Gasteiger partial charge on any atom is -0.379 e. The molecule has 1 aromatic rings. The molecule has 0 heterocycles. The first kappa shape index (κ1) is 16.2. The highest BCUT2D eigenvalue weighted by atomic mass is 16.5. The molecule has 1 rings (SSSR count). The van der Waals surface area contributed by atoms with Crippen molar-refractivity contribution in [2.75, 3.05) is 13.7 Å². The summed E-state index contributed by atoms with van der Waals surface area (Å²) in [6.45, 7) is 9.75. The molecule has 0 bridgehead atoms. The lowest BCUT2D eigenvalue weighted by Gasteiger charge is -2.29. The van der Waals surface area contributed by atoms with Crippen LogP contribution in [-0.4, -0.2) is 19.3 Å². The molecule has 108 valence electrons. The van der Waals surface area contributed by atoms with Crippen LogP contribution in [0.1, 0.15) is 57.7 Å². The molecule has 0 aliphatic rings. The van der Waals surface area contributed by atoms with Crippen molar-refractivity contribution < 1.29 is 4.74 Å². The van der Waals surface area contributed by atoms with Gasteiger partial charge in [-0.2, -0.15) is 0 Å². The topological polar surface area (TPSA) is 21.3 Å². The van der Waals surface area contributed by atoms with Gasteiger partial charge < -0.3 is 10.1 Å². The molecule has 0 amide bonds. The zero-order valence-electron chi connectivity index (χ0n) is 13.1. The van der Waals surface area contributed by atoms with E-state index in [2.05, 4.69) is 57.3 Å². The van der Waals surface area contributed by atoms with Crippen LogP contribution in [0.15, 0.2) is 24.3 Å². The largest absolute Gasteiger partial charge is 0.379 e. The van der Waals surface area contributed by atoms with E-state index in [9.17, 15) is 0 Å². The highest BCUT2D eigenvalue weighted by Crippen LogP contribution is 2.26. The Hall–Kier alpha value is -0.860. The molecule has 1 aromatic carbocycles. The standard InChI is InChI=1S/C17H29NO/c1-6-11-18-16(13-17(3,4)19-5)15-10-8-9-14(7-2)12-15/h8-10,12,16,18H,6-7,11,13H2,1-5H3. The van der Waals surface area contributed by atoms with Crippen LogP contribution in [-0.2, 0) is 11.2 Å². The van der Waals surface area contributed by atoms with E-state index in [1.54, 1.807) is 7.11 Å². The maximum Gasteiger partial charge on any atom is 0.0640 e. The van der Waals surface area contributed by atoms with Gasteiger partial charge in [-0.25, -0.2) is 0 Å². The smallest absolute Gasteiger partial charge is 0.0640 e. The van der Waals surface area contributed by atoms with Crippen LogP contribution in [0.2, 0.25) is 0 Å². The first-order valence-electron chi connectivity index (χ1n) is 7.39. The van der Waals surface area contributed by atoms with Gasteiger partial charge in [0.25, 0.3) is 0 Å². The Balaban J connectivity index is 2.88. The Morgan fingerprint density at radius 3 is 2.58 bits per heavy atom. The molecule has 1 atom stereocenters. The number of methoxy groups -OCH3 is 1. The molecule has 0 aliphatic carbocycles. The maximum atomic E-state index is 5.59. The van der Waals surface area contributed by atoms with E-state index in [1.807, 2.05) is 0 Å². The molecule has 1 unspecified atom stereocenters. The fraction of sp³-hybridized carbons (Fsp3) is 0.647. The summed E-state index contributed by atoms with van der Waals surface area (Å²) >= 11 is 0. The van der Waals surface area contributed by atoms with E-state index in [1.165, 1.54) is 11.1 Å². The lowest BCUT2D eigenvalue weighted by Crippen LogP contribution is -2.32. The predicted octanol–water partition coefficient (Wildman–Crippen LogP) is 4.10. The van der Waals surface area contributed by atoms with Crippen LogP contribution < -0.4 is 5.32 Å². The zero-order valence-corrected chi connectivity index (χ0v) is 13.1. The van der Waals surface area contributed by atoms with Crippen molar-refractivity contribution in [3.63, 3.8) is 0 Å². The average molecular weight is 263 g/mol. The summed E-state index contributed by atoms with van der Waals surface area (Å²) in [4.78, 5) is 0. The molecular formula is C17H29NO. The van der Waals surface area contributed by atoms with E-state index in [0.717, 1.165) is 25.8 Å². The van der Waals surface area contributed by atoms with Crippen molar-refractivity contribution in [1.82, 2.24) is 5.32 Å². The lowest BCUT2D eigenvalue weighted by atomic mass is 9.92. The summed E-state index contributed by atoms with van der Waals surface area (Å²) in [6.07, 6.45) is 3.22. The van der Waals surface area contributed by atoms with Gasteiger partial charge >= 0.3 is 0 Å². The third kappa shape index (κ3) is 5.33. The Morgan fingerprint density at radius 1 is 1.26 bits per heavy atom. The van der Waals surface area contributed by atoms with Gasteiger partial charge in [0.1, 0.15) is 0 Å². The summed E-state index contributed by atoms with van der Waals surface area (Å²) in [7, 11) is 1.79. The van der Waals surface area contributed by atoms with Gasteiger partial charge in [-0.3, -0.25) is 0 Å². The van der Waals surface area contributed by atoms with Gasteiger partial charge in [0, 0.05) is 13.2 Å². The number of aryl methyl sites for hydroxylation is 1. The summed E-state index contributed by atoms with van der Waals surface area (Å²) in [5.74, 6) is 0. The fourth-order valence-corrected chi connectivity index (χ4v) is 2.23. The molecule has 0 fully saturated rings. The van der Waals surface area contributed by atoms with E-state index in [4.69, 9.17) is 4.74 Å². The van der Waals surface area contributed by atoms with Gasteiger partial charge in [0.15, 0.2) is 0 Å². The Labute approximate surface area is 118 Å². The summed E-state index contributed by atoms with van der Waals surface area (Å²) in [5.41, 5.74) is 2.67. The van der Waals surface area contributed by atoms with Crippen molar-refractivity contribution in [2.45, 2.75) is 58.6 Å². The van der Waals surface area contributed by atoms with Crippen LogP contribution in [0.25, 0.3) is 0 Å². The molecule has 19 heavy (non-hydrogen) atoms. The monoisotopic (exact) mass is 263 g/mol. The van der Waals surface area contributed by atoms with E-state index >= 15 is 0 Å². The van der Waals surface area contributed by atoms with E-state index < -0.39 is 0 Å². The number of ether oxygens (including phenoxy) is 1. The summed E-state index contributed by atoms with van der Waals surface area (Å²) in [6, 6.07) is 9.26. The fourth-order valence-electron chi connectivity index (χ4n) is 2.23. The number of nitrogens with one attached hydrogen (secondary N) is 1. The molecule has 0 aliphatic heterocycles. The van der Waals surface area contributed by atoms with E-state index in [0.29, 0.717) is 6.04 Å². The average Bonchev–Trinajstić information content (AvgIpc) is 2.43. The van der Waals surface area contributed by atoms with Gasteiger partial charge in [-0.15, -0.1) is 0 Å². The van der Waals surface area contributed by atoms with Crippen LogP contribution in [0.3, 0.4) is 0 Å². The minimum atomic E-state index is -0.104. The normalized spacial score (nSPS) is 13.5. The van der Waals surface area contributed by atoms with Gasteiger partial charge in [-0.1, -0.05) is 38.1 Å². The van der Waals surface area contributed by atoms with Crippen molar-refractivity contribution in [3.8, 4) is 0 Å². The SMILES string of the molecule is CCCNC(CC(C)(C)OC)c1cccc(CC)c1. The molecule has 1 N–H and O–H groups in total. The van der Waals surface area contributed by atoms with Crippen molar-refractivity contribution >= 4 is 0 Å². The minimum absolute atomic E-state index is 0.104. The lowest BCUT2D eigenvalue weighted by molar-refractivity contribution is 0.00684. The first-order valence-corrected chi connectivity index (χ1v) is 7.39. The molecule has 0 radical (unpaired) electrons. The molecular weight excluding hydrogens is 234 g/mol. The molecule has 0 saturated carbocycles. The van der Waals surface area contributed by atoms with Crippen LogP contribution in [0, 0.1) is 0 Å². The number of hydrogen-bond donors (Lipinski definition) is 1. The number of hydrogen-bond acceptors (Lipinski definition) is 2. The van der Waals surface area contributed by atoms with Gasteiger partial charge in [-0.05, 0) is 50.8 Å². The van der Waals surface area contributed by atoms with Crippen LogP contribution in [0.4, 0.5) is 0 Å². The van der Waals surface area contributed by atoms with Crippen molar-refractivity contribution in [3.05, 3.63) is 35.4 Å². The summed E-state index contributed by atoms with van der Waals surface area (Å²) in [5, 5.41) is 3.65. The second kappa shape index (κ2) is 7.66. The third-order valence-corrected chi connectivity index (χ3v) is 3.65. The van der Waals surface area contributed by atoms with E-state index in [-0.39, 0.29) is 5.60 Å². The van der Waals surface area contributed by atoms with Crippen molar-refractivity contribution in [1.29, 1.82) is 0 Å².